The fraction of sp³-hybridized carbons (Fsp3) is 0.0909. The lowest BCUT2D eigenvalue weighted by molar-refractivity contribution is -0.786. The van der Waals surface area contributed by atoms with E-state index in [0.29, 0.717) is 9.28 Å². The third-order valence-corrected chi connectivity index (χ3v) is 3.18. The van der Waals surface area contributed by atoms with Crippen LogP contribution in [0.2, 0.25) is 0 Å². The third-order valence-electron chi connectivity index (χ3n) is 2.27. The highest BCUT2D eigenvalue weighted by Crippen LogP contribution is 2.23. The van der Waals surface area contributed by atoms with Crippen LogP contribution in [0.3, 0.4) is 0 Å². The molecule has 0 saturated heterocycles. The van der Waals surface area contributed by atoms with Gasteiger partial charge in [-0.1, -0.05) is 30.3 Å². The van der Waals surface area contributed by atoms with Crippen LogP contribution in [0.5, 0.6) is 0 Å². The summed E-state index contributed by atoms with van der Waals surface area (Å²) in [5.41, 5.74) is 1.27. The molecule has 0 fully saturated rings. The molecule has 1 unspecified atom stereocenters. The molecule has 1 N–H and O–H groups in total. The van der Waals surface area contributed by atoms with E-state index in [4.69, 9.17) is 0 Å². The Morgan fingerprint density at radius 2 is 1.93 bits per heavy atom. The van der Waals surface area contributed by atoms with Crippen molar-refractivity contribution in [2.75, 3.05) is 6.54 Å². The molecule has 1 aliphatic heterocycles. The number of benzene rings is 1. The van der Waals surface area contributed by atoms with Crippen molar-refractivity contribution in [2.24, 2.45) is 0 Å². The first-order valence-electron chi connectivity index (χ1n) is 4.53. The molecule has 0 bridgehead atoms. The lowest BCUT2D eigenvalue weighted by Crippen LogP contribution is -3.04. The summed E-state index contributed by atoms with van der Waals surface area (Å²) in [4.78, 5) is 0. The zero-order valence-corrected chi connectivity index (χ0v) is 9.99. The van der Waals surface area contributed by atoms with Crippen LogP contribution in [0.25, 0.3) is 5.57 Å². The van der Waals surface area contributed by atoms with Crippen molar-refractivity contribution in [3.8, 4) is 0 Å². The van der Waals surface area contributed by atoms with Gasteiger partial charge in [-0.3, -0.25) is 0 Å². The van der Waals surface area contributed by atoms with Crippen LogP contribution in [-0.4, -0.2) is 6.54 Å². The lowest BCUT2D eigenvalue weighted by Gasteiger charge is -2.25. The van der Waals surface area contributed by atoms with E-state index < -0.39 is 0 Å². The smallest absolute Gasteiger partial charge is 0.170 e. The van der Waals surface area contributed by atoms with Gasteiger partial charge in [0.15, 0.2) is 3.70 Å². The van der Waals surface area contributed by atoms with Gasteiger partial charge in [-0.05, 0) is 5.56 Å². The Kier molecular flexibility index (Phi) is 3.18. The van der Waals surface area contributed by atoms with E-state index in [9.17, 15) is 9.60 Å². The van der Waals surface area contributed by atoms with Crippen LogP contribution in [0.1, 0.15) is 5.56 Å². The summed E-state index contributed by atoms with van der Waals surface area (Å²) in [6, 6.07) is 9.17. The molecule has 15 heavy (non-hydrogen) atoms. The molecular weight excluding hydrogens is 308 g/mol. The third kappa shape index (κ3) is 2.27. The molecule has 2 rings (SSSR count). The van der Waals surface area contributed by atoms with Gasteiger partial charge < -0.3 is 10.3 Å². The minimum Gasteiger partial charge on any atom is -0.628 e. The van der Waals surface area contributed by atoms with Crippen molar-refractivity contribution in [1.29, 1.82) is 0 Å². The number of nitrogens with one attached hydrogen (secondary N) is 1. The Bertz CT molecular complexity index is 427. The summed E-state index contributed by atoms with van der Waals surface area (Å²) >= 11 is 1.86. The van der Waals surface area contributed by atoms with E-state index in [1.54, 1.807) is 0 Å². The van der Waals surface area contributed by atoms with Gasteiger partial charge >= 0.3 is 0 Å². The topological polar surface area (TPSA) is 27.5 Å². The first-order chi connectivity index (χ1) is 7.18. The van der Waals surface area contributed by atoms with Crippen molar-refractivity contribution in [3.05, 3.63) is 56.7 Å². The standard InChI is InChI=1S/C11H9FINO/c12-10-6-11(13)14(15)7-9(10)8-4-2-1-3-5-8/h1-6,14H,7H2. The van der Waals surface area contributed by atoms with Crippen LogP contribution < -0.4 is 5.06 Å². The maximum Gasteiger partial charge on any atom is 0.170 e. The average molecular weight is 317 g/mol. The number of hydrogen-bond donors (Lipinski definition) is 1. The summed E-state index contributed by atoms with van der Waals surface area (Å²) in [6.07, 6.45) is 1.30. The minimum absolute atomic E-state index is 0.0177. The maximum atomic E-state index is 13.6. The van der Waals surface area contributed by atoms with E-state index in [2.05, 4.69) is 0 Å². The van der Waals surface area contributed by atoms with Gasteiger partial charge in [0.25, 0.3) is 0 Å². The zero-order chi connectivity index (χ0) is 10.8. The number of halogens is 2. The molecule has 0 saturated carbocycles. The molecular formula is C11H9FINO. The monoisotopic (exact) mass is 317 g/mol. The molecule has 78 valence electrons. The number of quaternary nitrogens is 1. The summed E-state index contributed by atoms with van der Waals surface area (Å²) in [5.74, 6) is -0.301. The molecule has 1 aromatic carbocycles. The fourth-order valence-electron chi connectivity index (χ4n) is 1.49. The first kappa shape index (κ1) is 10.8. The van der Waals surface area contributed by atoms with Crippen LogP contribution in [0.4, 0.5) is 4.39 Å². The van der Waals surface area contributed by atoms with Crippen molar-refractivity contribution >= 4 is 28.2 Å². The quantitative estimate of drug-likeness (QED) is 0.479. The number of hydroxylamine groups is 2. The highest BCUT2D eigenvalue weighted by atomic mass is 127. The molecule has 0 radical (unpaired) electrons. The molecule has 0 aromatic heterocycles. The highest BCUT2D eigenvalue weighted by Gasteiger charge is 2.19. The molecule has 0 amide bonds. The summed E-state index contributed by atoms with van der Waals surface area (Å²) in [7, 11) is 0. The predicted molar refractivity (Wildman–Crippen MR) is 65.8 cm³/mol. The number of hydrogen-bond acceptors (Lipinski definition) is 1. The minimum atomic E-state index is -0.301. The Labute approximate surface area is 101 Å². The van der Waals surface area contributed by atoms with Crippen molar-refractivity contribution in [3.63, 3.8) is 0 Å². The van der Waals surface area contributed by atoms with Crippen LogP contribution >= 0.6 is 22.6 Å². The van der Waals surface area contributed by atoms with Crippen LogP contribution in [0.15, 0.2) is 45.9 Å². The lowest BCUT2D eigenvalue weighted by atomic mass is 10.0. The SMILES string of the molecule is [O-][NH+]1CC(c2ccccc2)=C(F)C=C1I. The van der Waals surface area contributed by atoms with Gasteiger partial charge in [0.1, 0.15) is 12.4 Å². The van der Waals surface area contributed by atoms with E-state index in [1.165, 1.54) is 6.08 Å². The predicted octanol–water partition coefficient (Wildman–Crippen LogP) is 2.04. The molecule has 0 aliphatic carbocycles. The van der Waals surface area contributed by atoms with Crippen LogP contribution in [0, 0.1) is 5.21 Å². The second kappa shape index (κ2) is 4.42. The molecule has 4 heteroatoms. The molecule has 1 atom stereocenters. The van der Waals surface area contributed by atoms with Crippen molar-refractivity contribution in [1.82, 2.24) is 0 Å². The normalized spacial score (nSPS) is 21.5. The van der Waals surface area contributed by atoms with E-state index >= 15 is 0 Å². The van der Waals surface area contributed by atoms with Gasteiger partial charge in [0.05, 0.1) is 5.57 Å². The van der Waals surface area contributed by atoms with Gasteiger partial charge in [0.2, 0.25) is 0 Å². The fourth-order valence-corrected chi connectivity index (χ4v) is 1.95. The molecule has 1 heterocycles. The zero-order valence-electron chi connectivity index (χ0n) is 7.84. The summed E-state index contributed by atoms with van der Waals surface area (Å²) in [6.45, 7) is 0.157. The second-order valence-corrected chi connectivity index (χ2v) is 4.45. The van der Waals surface area contributed by atoms with E-state index in [1.807, 2.05) is 52.9 Å². The van der Waals surface area contributed by atoms with Gasteiger partial charge in [-0.2, -0.15) is 0 Å². The Morgan fingerprint density at radius 3 is 2.60 bits per heavy atom. The van der Waals surface area contributed by atoms with Crippen molar-refractivity contribution < 1.29 is 9.45 Å². The van der Waals surface area contributed by atoms with Gasteiger partial charge in [-0.15, -0.1) is 0 Å². The summed E-state index contributed by atoms with van der Waals surface area (Å²) in [5, 5.41) is 11.4. The largest absolute Gasteiger partial charge is 0.628 e. The molecule has 2 nitrogen and oxygen atoms in total. The maximum absolute atomic E-state index is 13.6. The van der Waals surface area contributed by atoms with Gasteiger partial charge in [-0.25, -0.2) is 4.39 Å². The highest BCUT2D eigenvalue weighted by molar-refractivity contribution is 14.1. The van der Waals surface area contributed by atoms with Crippen molar-refractivity contribution in [2.45, 2.75) is 0 Å². The van der Waals surface area contributed by atoms with E-state index in [-0.39, 0.29) is 17.4 Å². The second-order valence-electron chi connectivity index (χ2n) is 3.28. The average Bonchev–Trinajstić information content (AvgIpc) is 2.25. The molecule has 1 aliphatic rings. The molecule has 1 aromatic rings. The Balaban J connectivity index is 2.42. The first-order valence-corrected chi connectivity index (χ1v) is 5.61. The Hall–Kier alpha value is -0.720. The summed E-state index contributed by atoms with van der Waals surface area (Å²) < 4.78 is 14.1. The molecule has 0 spiro atoms. The number of allylic oxidation sites excluding steroid dienone is 2. The van der Waals surface area contributed by atoms with E-state index in [0.717, 1.165) is 5.56 Å². The van der Waals surface area contributed by atoms with Gasteiger partial charge in [0, 0.05) is 28.7 Å². The van der Waals surface area contributed by atoms with Crippen LogP contribution in [-0.2, 0) is 0 Å². The Morgan fingerprint density at radius 1 is 1.27 bits per heavy atom. The number of rotatable bonds is 1.